The lowest BCUT2D eigenvalue weighted by molar-refractivity contribution is -0.000294. The van der Waals surface area contributed by atoms with Crippen LogP contribution in [0.2, 0.25) is 0 Å². The summed E-state index contributed by atoms with van der Waals surface area (Å²) in [6.45, 7) is 4.68. The minimum Gasteiger partial charge on any atom is -0.445 e. The van der Waals surface area contributed by atoms with Gasteiger partial charge in [-0.15, -0.1) is 4.91 Å². The second-order valence-electron chi connectivity index (χ2n) is 5.67. The highest BCUT2D eigenvalue weighted by Gasteiger charge is 2.36. The maximum atomic E-state index is 11.9. The average molecular weight is 304 g/mol. The summed E-state index contributed by atoms with van der Waals surface area (Å²) < 4.78 is 5.31. The predicted molar refractivity (Wildman–Crippen MR) is 80.9 cm³/mol. The number of carbonyl (C=O) groups excluding carboxylic acids is 1. The summed E-state index contributed by atoms with van der Waals surface area (Å²) in [7, 11) is 0. The van der Waals surface area contributed by atoms with Gasteiger partial charge in [0.05, 0.1) is 18.4 Å². The number of ether oxygens (including phenoxy) is 1. The molecule has 0 aromatic heterocycles. The molecule has 0 unspecified atom stereocenters. The van der Waals surface area contributed by atoms with E-state index in [0.29, 0.717) is 38.8 Å². The van der Waals surface area contributed by atoms with Gasteiger partial charge < -0.3 is 9.64 Å². The van der Waals surface area contributed by atoms with E-state index in [4.69, 9.17) is 4.74 Å². The fourth-order valence-electron chi connectivity index (χ4n) is 2.80. The summed E-state index contributed by atoms with van der Waals surface area (Å²) in [5.74, 6) is 0. The van der Waals surface area contributed by atoms with Crippen molar-refractivity contribution in [2.45, 2.75) is 12.6 Å². The summed E-state index contributed by atoms with van der Waals surface area (Å²) in [6.07, 6.45) is -0.256. The second kappa shape index (κ2) is 6.74. The maximum absolute atomic E-state index is 11.9. The van der Waals surface area contributed by atoms with E-state index in [0.717, 1.165) is 18.7 Å². The van der Waals surface area contributed by atoms with E-state index >= 15 is 0 Å². The van der Waals surface area contributed by atoms with Crippen molar-refractivity contribution in [1.29, 1.82) is 0 Å². The van der Waals surface area contributed by atoms with Crippen LogP contribution in [-0.2, 0) is 11.3 Å². The van der Waals surface area contributed by atoms with Crippen LogP contribution < -0.4 is 0 Å². The Balaban J connectivity index is 1.38. The summed E-state index contributed by atoms with van der Waals surface area (Å²) >= 11 is 0. The summed E-state index contributed by atoms with van der Waals surface area (Å²) in [6, 6.07) is 10.0. The topological polar surface area (TPSA) is 65.5 Å². The molecule has 0 atom stereocenters. The van der Waals surface area contributed by atoms with Crippen LogP contribution in [0.1, 0.15) is 5.56 Å². The molecule has 3 rings (SSSR count). The first-order valence-corrected chi connectivity index (χ1v) is 7.54. The normalized spacial score (nSPS) is 19.6. The minimum absolute atomic E-state index is 0.256. The Bertz CT molecular complexity index is 511. The molecule has 0 N–H and O–H groups in total. The Morgan fingerprint density at radius 3 is 2.45 bits per heavy atom. The summed E-state index contributed by atoms with van der Waals surface area (Å²) in [4.78, 5) is 26.4. The van der Waals surface area contributed by atoms with Gasteiger partial charge in [-0.05, 0) is 5.56 Å². The molecule has 7 heteroatoms. The molecule has 0 spiro atoms. The van der Waals surface area contributed by atoms with Crippen LogP contribution in [0, 0.1) is 4.91 Å². The van der Waals surface area contributed by atoms with Gasteiger partial charge in [0.2, 0.25) is 0 Å². The quantitative estimate of drug-likeness (QED) is 0.785. The van der Waals surface area contributed by atoms with E-state index in [-0.39, 0.29) is 6.09 Å². The Morgan fingerprint density at radius 1 is 1.14 bits per heavy atom. The van der Waals surface area contributed by atoms with Crippen LogP contribution in [0.25, 0.3) is 0 Å². The molecular weight excluding hydrogens is 284 g/mol. The molecule has 0 aliphatic carbocycles. The van der Waals surface area contributed by atoms with Crippen molar-refractivity contribution in [2.75, 3.05) is 39.3 Å². The van der Waals surface area contributed by atoms with E-state index in [2.05, 4.69) is 10.2 Å². The number of hydrogen-bond donors (Lipinski definition) is 0. The third kappa shape index (κ3) is 3.36. The molecule has 1 aromatic carbocycles. The van der Waals surface area contributed by atoms with Gasteiger partial charge in [-0.2, -0.15) is 0 Å². The molecule has 0 saturated carbocycles. The average Bonchev–Trinajstić information content (AvgIpc) is 2.53. The molecule has 118 valence electrons. The standard InChI is InChI=1S/C15H20N4O3/c20-15(22-12-13-4-2-1-3-5-13)18-10-14(11-18)17-6-8-19(16-21)9-7-17/h1-5,14H,6-12H2. The molecular formula is C15H20N4O3. The summed E-state index contributed by atoms with van der Waals surface area (Å²) in [5.41, 5.74) is 0.991. The molecule has 2 aliphatic rings. The number of nitrogens with zero attached hydrogens (tertiary/aromatic N) is 4. The van der Waals surface area contributed by atoms with E-state index in [9.17, 15) is 9.70 Å². The predicted octanol–water partition coefficient (Wildman–Crippen LogP) is 1.31. The van der Waals surface area contributed by atoms with Crippen molar-refractivity contribution < 1.29 is 9.53 Å². The molecule has 2 saturated heterocycles. The SMILES string of the molecule is O=NN1CCN(C2CN(C(=O)OCc3ccccc3)C2)CC1. The zero-order valence-electron chi connectivity index (χ0n) is 12.4. The number of likely N-dealkylation sites (tertiary alicyclic amines) is 1. The highest BCUT2D eigenvalue weighted by Crippen LogP contribution is 2.18. The smallest absolute Gasteiger partial charge is 0.410 e. The van der Waals surface area contributed by atoms with Crippen LogP contribution in [0.4, 0.5) is 4.79 Å². The van der Waals surface area contributed by atoms with Gasteiger partial charge >= 0.3 is 6.09 Å². The molecule has 2 aliphatic heterocycles. The highest BCUT2D eigenvalue weighted by molar-refractivity contribution is 5.68. The van der Waals surface area contributed by atoms with Crippen molar-refractivity contribution in [3.05, 3.63) is 40.8 Å². The number of rotatable bonds is 4. The third-order valence-corrected chi connectivity index (χ3v) is 4.25. The van der Waals surface area contributed by atoms with Crippen LogP contribution in [0.5, 0.6) is 0 Å². The van der Waals surface area contributed by atoms with E-state index in [1.807, 2.05) is 30.3 Å². The van der Waals surface area contributed by atoms with Gasteiger partial charge in [0.1, 0.15) is 6.61 Å². The monoisotopic (exact) mass is 304 g/mol. The fraction of sp³-hybridized carbons (Fsp3) is 0.533. The van der Waals surface area contributed by atoms with Crippen LogP contribution in [-0.4, -0.2) is 66.2 Å². The zero-order chi connectivity index (χ0) is 15.4. The van der Waals surface area contributed by atoms with E-state index in [1.165, 1.54) is 0 Å². The second-order valence-corrected chi connectivity index (χ2v) is 5.67. The lowest BCUT2D eigenvalue weighted by Crippen LogP contribution is -2.63. The molecule has 2 heterocycles. The van der Waals surface area contributed by atoms with Gasteiger partial charge in [0, 0.05) is 32.2 Å². The minimum atomic E-state index is -0.256. The third-order valence-electron chi connectivity index (χ3n) is 4.25. The largest absolute Gasteiger partial charge is 0.445 e. The molecule has 1 amide bonds. The Kier molecular flexibility index (Phi) is 4.53. The molecule has 7 nitrogen and oxygen atoms in total. The van der Waals surface area contributed by atoms with Gasteiger partial charge in [-0.25, -0.2) is 4.79 Å². The van der Waals surface area contributed by atoms with Gasteiger partial charge in [0.15, 0.2) is 0 Å². The van der Waals surface area contributed by atoms with Gasteiger partial charge in [0.25, 0.3) is 0 Å². The van der Waals surface area contributed by atoms with Crippen molar-refractivity contribution in [3.8, 4) is 0 Å². The number of nitroso groups, excluding NO2 is 1. The maximum Gasteiger partial charge on any atom is 0.410 e. The van der Waals surface area contributed by atoms with Crippen molar-refractivity contribution in [3.63, 3.8) is 0 Å². The Hall–Kier alpha value is -2.15. The van der Waals surface area contributed by atoms with Crippen molar-refractivity contribution in [1.82, 2.24) is 14.8 Å². The van der Waals surface area contributed by atoms with Crippen LogP contribution in [0.3, 0.4) is 0 Å². The number of amides is 1. The molecule has 0 bridgehead atoms. The Labute approximate surface area is 129 Å². The number of hydrogen-bond acceptors (Lipinski definition) is 5. The first-order valence-electron chi connectivity index (χ1n) is 7.54. The lowest BCUT2D eigenvalue weighted by atomic mass is 10.1. The van der Waals surface area contributed by atoms with Gasteiger partial charge in [-0.1, -0.05) is 30.3 Å². The number of piperazine rings is 1. The summed E-state index contributed by atoms with van der Waals surface area (Å²) in [5, 5.41) is 4.50. The van der Waals surface area contributed by atoms with Crippen LogP contribution in [0.15, 0.2) is 35.6 Å². The molecule has 0 radical (unpaired) electrons. The van der Waals surface area contributed by atoms with Gasteiger partial charge in [-0.3, -0.25) is 9.91 Å². The molecule has 2 fully saturated rings. The first kappa shape index (κ1) is 14.8. The van der Waals surface area contributed by atoms with Crippen molar-refractivity contribution in [2.24, 2.45) is 5.29 Å². The van der Waals surface area contributed by atoms with Crippen LogP contribution >= 0.6 is 0 Å². The first-order chi connectivity index (χ1) is 10.8. The molecule has 22 heavy (non-hydrogen) atoms. The van der Waals surface area contributed by atoms with E-state index < -0.39 is 0 Å². The lowest BCUT2D eigenvalue weighted by Gasteiger charge is -2.46. The van der Waals surface area contributed by atoms with E-state index in [1.54, 1.807) is 9.91 Å². The highest BCUT2D eigenvalue weighted by atomic mass is 16.6. The van der Waals surface area contributed by atoms with Crippen molar-refractivity contribution >= 4 is 6.09 Å². The number of carbonyl (C=O) groups is 1. The molecule has 1 aromatic rings. The fourth-order valence-corrected chi connectivity index (χ4v) is 2.80. The zero-order valence-corrected chi connectivity index (χ0v) is 12.4. The Morgan fingerprint density at radius 2 is 1.82 bits per heavy atom. The number of benzene rings is 1.